The van der Waals surface area contributed by atoms with Crippen LogP contribution in [0.15, 0.2) is 29.6 Å². The van der Waals surface area contributed by atoms with E-state index in [-0.39, 0.29) is 11.8 Å². The molecule has 1 N–H and O–H groups in total. The third-order valence-electron chi connectivity index (χ3n) is 3.68. The van der Waals surface area contributed by atoms with Crippen LogP contribution in [-0.2, 0) is 11.3 Å². The molecule has 3 nitrogen and oxygen atoms in total. The second-order valence-electron chi connectivity index (χ2n) is 5.18. The van der Waals surface area contributed by atoms with Gasteiger partial charge in [0.05, 0.1) is 0 Å². The van der Waals surface area contributed by atoms with Crippen LogP contribution in [0.4, 0.5) is 0 Å². The van der Waals surface area contributed by atoms with Gasteiger partial charge in [-0.3, -0.25) is 4.79 Å². The van der Waals surface area contributed by atoms with Gasteiger partial charge in [-0.1, -0.05) is 38.1 Å². The summed E-state index contributed by atoms with van der Waals surface area (Å²) in [6, 6.07) is 8.14. The molecular formula is C17H22N2OS. The molecule has 1 heterocycles. The minimum absolute atomic E-state index is 0.110. The van der Waals surface area contributed by atoms with Gasteiger partial charge in [0.2, 0.25) is 5.91 Å². The number of aromatic nitrogens is 1. The van der Waals surface area contributed by atoms with Crippen molar-refractivity contribution < 1.29 is 4.79 Å². The van der Waals surface area contributed by atoms with Crippen molar-refractivity contribution in [2.45, 2.75) is 40.2 Å². The average molecular weight is 302 g/mol. The summed E-state index contributed by atoms with van der Waals surface area (Å²) in [5, 5.41) is 6.12. The lowest BCUT2D eigenvalue weighted by Crippen LogP contribution is -2.29. The maximum absolute atomic E-state index is 12.1. The summed E-state index contributed by atoms with van der Waals surface area (Å²) in [4.78, 5) is 16.6. The Kier molecular flexibility index (Phi) is 5.51. The Labute approximate surface area is 130 Å². The maximum Gasteiger partial charge on any atom is 0.223 e. The molecule has 0 spiro atoms. The number of hydrogen-bond donors (Lipinski definition) is 1. The lowest BCUT2D eigenvalue weighted by Gasteiger charge is -2.14. The molecule has 2 aromatic rings. The summed E-state index contributed by atoms with van der Waals surface area (Å²) < 4.78 is 0. The number of carbonyl (C=O) groups excluding carboxylic acids is 1. The Balaban J connectivity index is 2.12. The molecular weight excluding hydrogens is 280 g/mol. The van der Waals surface area contributed by atoms with Gasteiger partial charge in [-0.25, -0.2) is 4.98 Å². The zero-order valence-corrected chi connectivity index (χ0v) is 13.7. The van der Waals surface area contributed by atoms with Crippen molar-refractivity contribution in [3.8, 4) is 10.6 Å². The van der Waals surface area contributed by atoms with E-state index in [2.05, 4.69) is 41.7 Å². The molecule has 0 aliphatic heterocycles. The summed E-state index contributed by atoms with van der Waals surface area (Å²) in [6.07, 6.45) is 1.77. The van der Waals surface area contributed by atoms with Crippen molar-refractivity contribution >= 4 is 17.2 Å². The molecule has 0 unspecified atom stereocenters. The Hall–Kier alpha value is -1.68. The number of aryl methyl sites for hydroxylation is 1. The highest BCUT2D eigenvalue weighted by Gasteiger charge is 2.14. The summed E-state index contributed by atoms with van der Waals surface area (Å²) in [6.45, 7) is 6.67. The van der Waals surface area contributed by atoms with Crippen molar-refractivity contribution in [3.63, 3.8) is 0 Å². The SMILES string of the molecule is CCC(CC)C(=O)NCc1ccccc1-c1nc(C)cs1. The second kappa shape index (κ2) is 7.36. The molecule has 0 radical (unpaired) electrons. The lowest BCUT2D eigenvalue weighted by atomic mass is 10.0. The first-order chi connectivity index (χ1) is 10.2. The fraction of sp³-hybridized carbons (Fsp3) is 0.412. The van der Waals surface area contributed by atoms with Crippen LogP contribution in [-0.4, -0.2) is 10.9 Å². The number of benzene rings is 1. The summed E-state index contributed by atoms with van der Waals surface area (Å²) in [7, 11) is 0. The van der Waals surface area contributed by atoms with Gasteiger partial charge in [-0.15, -0.1) is 11.3 Å². The van der Waals surface area contributed by atoms with Crippen LogP contribution in [0.3, 0.4) is 0 Å². The van der Waals surface area contributed by atoms with Crippen molar-refractivity contribution in [3.05, 3.63) is 40.9 Å². The van der Waals surface area contributed by atoms with E-state index in [0.717, 1.165) is 34.7 Å². The Morgan fingerprint density at radius 2 is 2.00 bits per heavy atom. The Bertz CT molecular complexity index is 602. The first kappa shape index (κ1) is 15.7. The quantitative estimate of drug-likeness (QED) is 0.870. The van der Waals surface area contributed by atoms with Crippen LogP contribution in [0.25, 0.3) is 10.6 Å². The Morgan fingerprint density at radius 1 is 1.29 bits per heavy atom. The molecule has 1 aromatic carbocycles. The molecule has 0 saturated carbocycles. The van der Waals surface area contributed by atoms with E-state index < -0.39 is 0 Å². The van der Waals surface area contributed by atoms with Crippen LogP contribution in [0.2, 0.25) is 0 Å². The molecule has 0 aliphatic rings. The van der Waals surface area contributed by atoms with E-state index in [1.807, 2.05) is 19.1 Å². The number of carbonyl (C=O) groups is 1. The molecule has 2 rings (SSSR count). The summed E-state index contributed by atoms with van der Waals surface area (Å²) in [5.41, 5.74) is 3.26. The predicted octanol–water partition coefficient (Wildman–Crippen LogP) is 4.17. The first-order valence-corrected chi connectivity index (χ1v) is 8.31. The van der Waals surface area contributed by atoms with Crippen molar-refractivity contribution in [1.82, 2.24) is 10.3 Å². The van der Waals surface area contributed by atoms with Crippen LogP contribution in [0.5, 0.6) is 0 Å². The van der Waals surface area contributed by atoms with Crippen LogP contribution in [0, 0.1) is 12.8 Å². The summed E-state index contributed by atoms with van der Waals surface area (Å²) in [5.74, 6) is 0.254. The van der Waals surface area contributed by atoms with E-state index >= 15 is 0 Å². The van der Waals surface area contributed by atoms with E-state index in [9.17, 15) is 4.79 Å². The minimum atomic E-state index is 0.110. The van der Waals surface area contributed by atoms with E-state index in [1.54, 1.807) is 11.3 Å². The topological polar surface area (TPSA) is 42.0 Å². The molecule has 0 fully saturated rings. The van der Waals surface area contributed by atoms with Gasteiger partial charge < -0.3 is 5.32 Å². The van der Waals surface area contributed by atoms with Gasteiger partial charge in [-0.05, 0) is 25.3 Å². The van der Waals surface area contributed by atoms with Gasteiger partial charge in [0, 0.05) is 29.1 Å². The van der Waals surface area contributed by atoms with E-state index in [0.29, 0.717) is 6.54 Å². The van der Waals surface area contributed by atoms with Gasteiger partial charge >= 0.3 is 0 Å². The van der Waals surface area contributed by atoms with Crippen LogP contribution < -0.4 is 5.32 Å². The highest BCUT2D eigenvalue weighted by atomic mass is 32.1. The van der Waals surface area contributed by atoms with Crippen molar-refractivity contribution in [2.24, 2.45) is 5.92 Å². The molecule has 112 valence electrons. The second-order valence-corrected chi connectivity index (χ2v) is 6.04. The normalized spacial score (nSPS) is 10.9. The Morgan fingerprint density at radius 3 is 2.62 bits per heavy atom. The van der Waals surface area contributed by atoms with Gasteiger partial charge in [0.1, 0.15) is 5.01 Å². The third kappa shape index (κ3) is 3.91. The number of thiazole rings is 1. The highest BCUT2D eigenvalue weighted by molar-refractivity contribution is 7.13. The zero-order chi connectivity index (χ0) is 15.2. The first-order valence-electron chi connectivity index (χ1n) is 7.43. The molecule has 1 aromatic heterocycles. The lowest BCUT2D eigenvalue weighted by molar-refractivity contribution is -0.125. The fourth-order valence-electron chi connectivity index (χ4n) is 2.35. The van der Waals surface area contributed by atoms with Crippen LogP contribution >= 0.6 is 11.3 Å². The maximum atomic E-state index is 12.1. The largest absolute Gasteiger partial charge is 0.352 e. The molecule has 0 aliphatic carbocycles. The van der Waals surface area contributed by atoms with Crippen molar-refractivity contribution in [1.29, 1.82) is 0 Å². The van der Waals surface area contributed by atoms with Crippen LogP contribution in [0.1, 0.15) is 37.9 Å². The molecule has 1 amide bonds. The monoisotopic (exact) mass is 302 g/mol. The van der Waals surface area contributed by atoms with Gasteiger partial charge in [0.25, 0.3) is 0 Å². The average Bonchev–Trinajstić information content (AvgIpc) is 2.93. The standard InChI is InChI=1S/C17H22N2OS/c1-4-13(5-2)16(20)18-10-14-8-6-7-9-15(14)17-19-12(3)11-21-17/h6-9,11,13H,4-5,10H2,1-3H3,(H,18,20). The van der Waals surface area contributed by atoms with Gasteiger partial charge in [-0.2, -0.15) is 0 Å². The number of rotatable bonds is 6. The van der Waals surface area contributed by atoms with Crippen molar-refractivity contribution in [2.75, 3.05) is 0 Å². The summed E-state index contributed by atoms with van der Waals surface area (Å²) >= 11 is 1.64. The highest BCUT2D eigenvalue weighted by Crippen LogP contribution is 2.27. The molecule has 0 saturated heterocycles. The molecule has 0 atom stereocenters. The molecule has 21 heavy (non-hydrogen) atoms. The number of nitrogens with one attached hydrogen (secondary N) is 1. The number of hydrogen-bond acceptors (Lipinski definition) is 3. The number of nitrogens with zero attached hydrogens (tertiary/aromatic N) is 1. The molecule has 0 bridgehead atoms. The van der Waals surface area contributed by atoms with Gasteiger partial charge in [0.15, 0.2) is 0 Å². The zero-order valence-electron chi connectivity index (χ0n) is 12.8. The smallest absolute Gasteiger partial charge is 0.223 e. The third-order valence-corrected chi connectivity index (χ3v) is 4.67. The molecule has 4 heteroatoms. The van der Waals surface area contributed by atoms with E-state index in [1.165, 1.54) is 0 Å². The minimum Gasteiger partial charge on any atom is -0.352 e. The number of amides is 1. The van der Waals surface area contributed by atoms with E-state index in [4.69, 9.17) is 0 Å². The predicted molar refractivity (Wildman–Crippen MR) is 88.2 cm³/mol. The fourth-order valence-corrected chi connectivity index (χ4v) is 3.20.